The maximum absolute atomic E-state index is 12.8. The highest BCUT2D eigenvalue weighted by molar-refractivity contribution is 9.10. The highest BCUT2D eigenvalue weighted by Crippen LogP contribution is 2.25. The van der Waals surface area contributed by atoms with Crippen LogP contribution in [0.2, 0.25) is 0 Å². The van der Waals surface area contributed by atoms with Gasteiger partial charge in [0.2, 0.25) is 0 Å². The van der Waals surface area contributed by atoms with Gasteiger partial charge in [0, 0.05) is 17.1 Å². The van der Waals surface area contributed by atoms with Crippen LogP contribution in [0.5, 0.6) is 5.75 Å². The minimum Gasteiger partial charge on any atom is -0.497 e. The first-order chi connectivity index (χ1) is 13.8. The molecule has 0 saturated carbocycles. The lowest BCUT2D eigenvalue weighted by atomic mass is 10.2. The molecule has 6 nitrogen and oxygen atoms in total. The lowest BCUT2D eigenvalue weighted by Crippen LogP contribution is -2.26. The third kappa shape index (κ3) is 4.60. The first-order valence-electron chi connectivity index (χ1n) is 8.62. The van der Waals surface area contributed by atoms with Crippen molar-refractivity contribution in [1.82, 2.24) is 0 Å². The molecule has 1 N–H and O–H groups in total. The van der Waals surface area contributed by atoms with E-state index in [2.05, 4.69) is 21.2 Å². The second kappa shape index (κ2) is 8.67. The van der Waals surface area contributed by atoms with Gasteiger partial charge in [0.25, 0.3) is 15.9 Å². The van der Waals surface area contributed by atoms with Gasteiger partial charge in [-0.25, -0.2) is 8.42 Å². The van der Waals surface area contributed by atoms with Gasteiger partial charge in [0.05, 0.1) is 23.4 Å². The predicted molar refractivity (Wildman–Crippen MR) is 117 cm³/mol. The minimum absolute atomic E-state index is 0.150. The molecule has 0 fully saturated rings. The van der Waals surface area contributed by atoms with Crippen molar-refractivity contribution < 1.29 is 17.9 Å². The monoisotopic (exact) mass is 474 g/mol. The van der Waals surface area contributed by atoms with Crippen LogP contribution in [0.1, 0.15) is 10.4 Å². The van der Waals surface area contributed by atoms with E-state index in [1.165, 1.54) is 30.6 Å². The number of hydrogen-bond acceptors (Lipinski definition) is 4. The summed E-state index contributed by atoms with van der Waals surface area (Å²) in [7, 11) is -0.748. The number of nitrogens with zero attached hydrogens (tertiary/aromatic N) is 1. The fourth-order valence-corrected chi connectivity index (χ4v) is 4.20. The summed E-state index contributed by atoms with van der Waals surface area (Å²) in [6.07, 6.45) is 0. The first-order valence-corrected chi connectivity index (χ1v) is 10.8. The lowest BCUT2D eigenvalue weighted by molar-refractivity contribution is 0.102. The number of hydrogen-bond donors (Lipinski definition) is 1. The van der Waals surface area contributed by atoms with E-state index in [1.54, 1.807) is 42.5 Å². The molecule has 0 radical (unpaired) electrons. The van der Waals surface area contributed by atoms with Gasteiger partial charge in [-0.3, -0.25) is 9.10 Å². The minimum atomic E-state index is -3.73. The van der Waals surface area contributed by atoms with Crippen LogP contribution in [0.15, 0.2) is 82.2 Å². The highest BCUT2D eigenvalue weighted by Gasteiger charge is 2.21. The number of sulfonamides is 1. The van der Waals surface area contributed by atoms with Crippen molar-refractivity contribution in [3.05, 3.63) is 82.8 Å². The van der Waals surface area contributed by atoms with Gasteiger partial charge >= 0.3 is 0 Å². The van der Waals surface area contributed by atoms with Crippen LogP contribution in [0.3, 0.4) is 0 Å². The standard InChI is InChI=1S/C21H19BrN2O4S/c1-24(29(26,27)18-13-11-17(28-2)12-14-18)16-9-7-15(8-10-16)21(25)23-20-6-4-3-5-19(20)22/h3-14H,1-2H3,(H,23,25). The maximum Gasteiger partial charge on any atom is 0.264 e. The highest BCUT2D eigenvalue weighted by atomic mass is 79.9. The molecule has 0 unspecified atom stereocenters. The fraction of sp³-hybridized carbons (Fsp3) is 0.0952. The van der Waals surface area contributed by atoms with Gasteiger partial charge in [-0.05, 0) is 76.6 Å². The van der Waals surface area contributed by atoms with Gasteiger partial charge in [-0.1, -0.05) is 12.1 Å². The van der Waals surface area contributed by atoms with E-state index in [-0.39, 0.29) is 10.8 Å². The molecule has 0 aromatic heterocycles. The quantitative estimate of drug-likeness (QED) is 0.568. The molecule has 0 spiro atoms. The van der Waals surface area contributed by atoms with E-state index in [1.807, 2.05) is 18.2 Å². The molecule has 3 aromatic carbocycles. The Hall–Kier alpha value is -2.84. The Balaban J connectivity index is 1.78. The number of carbonyl (C=O) groups excluding carboxylic acids is 1. The number of methoxy groups -OCH3 is 1. The zero-order chi connectivity index (χ0) is 21.0. The van der Waals surface area contributed by atoms with Crippen molar-refractivity contribution >= 4 is 43.2 Å². The summed E-state index contributed by atoms with van der Waals surface area (Å²) in [5, 5.41) is 2.81. The van der Waals surface area contributed by atoms with Gasteiger partial charge in [-0.15, -0.1) is 0 Å². The number of nitrogens with one attached hydrogen (secondary N) is 1. The molecular formula is C21H19BrN2O4S. The van der Waals surface area contributed by atoms with Crippen molar-refractivity contribution in [1.29, 1.82) is 0 Å². The molecule has 29 heavy (non-hydrogen) atoms. The third-order valence-corrected chi connectivity index (χ3v) is 6.82. The third-order valence-electron chi connectivity index (χ3n) is 4.33. The molecule has 8 heteroatoms. The maximum atomic E-state index is 12.8. The predicted octanol–water partition coefficient (Wildman–Crippen LogP) is 4.54. The Kier molecular flexibility index (Phi) is 6.24. The lowest BCUT2D eigenvalue weighted by Gasteiger charge is -2.20. The van der Waals surface area contributed by atoms with Gasteiger partial charge in [0.15, 0.2) is 0 Å². The van der Waals surface area contributed by atoms with Gasteiger partial charge in [-0.2, -0.15) is 0 Å². The van der Waals surface area contributed by atoms with Crippen LogP contribution in [0, 0.1) is 0 Å². The van der Waals surface area contributed by atoms with Crippen LogP contribution in [0.4, 0.5) is 11.4 Å². The topological polar surface area (TPSA) is 75.7 Å². The molecule has 150 valence electrons. The summed E-state index contributed by atoms with van der Waals surface area (Å²) < 4.78 is 32.7. The van der Waals surface area contributed by atoms with Crippen molar-refractivity contribution in [2.24, 2.45) is 0 Å². The van der Waals surface area contributed by atoms with E-state index in [0.717, 1.165) is 4.47 Å². The molecule has 3 rings (SSSR count). The molecule has 0 aliphatic heterocycles. The molecule has 0 aliphatic rings. The Bertz CT molecular complexity index is 1110. The Morgan fingerprint density at radius 1 is 0.966 bits per heavy atom. The summed E-state index contributed by atoms with van der Waals surface area (Å²) in [4.78, 5) is 12.6. The number of rotatable bonds is 6. The number of ether oxygens (including phenoxy) is 1. The number of halogens is 1. The van der Waals surface area contributed by atoms with Crippen molar-refractivity contribution in [2.75, 3.05) is 23.8 Å². The smallest absolute Gasteiger partial charge is 0.264 e. The van der Waals surface area contributed by atoms with Crippen molar-refractivity contribution in [2.45, 2.75) is 4.90 Å². The molecule has 0 saturated heterocycles. The Morgan fingerprint density at radius 2 is 1.59 bits per heavy atom. The molecule has 0 heterocycles. The summed E-state index contributed by atoms with van der Waals surface area (Å²) >= 11 is 3.39. The largest absolute Gasteiger partial charge is 0.497 e. The Labute approximate surface area is 178 Å². The molecule has 1 amide bonds. The second-order valence-electron chi connectivity index (χ2n) is 6.13. The summed E-state index contributed by atoms with van der Waals surface area (Å²) in [5.41, 5.74) is 1.51. The fourth-order valence-electron chi connectivity index (χ4n) is 2.62. The van der Waals surface area contributed by atoms with E-state index in [4.69, 9.17) is 4.74 Å². The van der Waals surface area contributed by atoms with E-state index >= 15 is 0 Å². The number of anilines is 2. The number of para-hydroxylation sites is 1. The van der Waals surface area contributed by atoms with Crippen LogP contribution < -0.4 is 14.4 Å². The second-order valence-corrected chi connectivity index (χ2v) is 8.95. The Morgan fingerprint density at radius 3 is 2.17 bits per heavy atom. The molecule has 0 aliphatic carbocycles. The first kappa shape index (κ1) is 20.9. The normalized spacial score (nSPS) is 11.0. The number of amides is 1. The van der Waals surface area contributed by atoms with E-state index < -0.39 is 10.0 Å². The summed E-state index contributed by atoms with van der Waals surface area (Å²) in [5.74, 6) is 0.288. The summed E-state index contributed by atoms with van der Waals surface area (Å²) in [6.45, 7) is 0. The average Bonchev–Trinajstić information content (AvgIpc) is 2.75. The van der Waals surface area contributed by atoms with E-state index in [0.29, 0.717) is 22.7 Å². The van der Waals surface area contributed by atoms with Gasteiger partial charge < -0.3 is 10.1 Å². The molecular weight excluding hydrogens is 456 g/mol. The van der Waals surface area contributed by atoms with Crippen LogP contribution in [-0.2, 0) is 10.0 Å². The average molecular weight is 475 g/mol. The van der Waals surface area contributed by atoms with E-state index in [9.17, 15) is 13.2 Å². The zero-order valence-electron chi connectivity index (χ0n) is 15.8. The number of benzene rings is 3. The zero-order valence-corrected chi connectivity index (χ0v) is 18.2. The molecule has 0 bridgehead atoms. The van der Waals surface area contributed by atoms with Crippen LogP contribution in [-0.4, -0.2) is 28.5 Å². The summed E-state index contributed by atoms with van der Waals surface area (Å²) in [6, 6.07) is 19.8. The number of carbonyl (C=O) groups is 1. The SMILES string of the molecule is COc1ccc(S(=O)(=O)N(C)c2ccc(C(=O)Nc3ccccc3Br)cc2)cc1. The van der Waals surface area contributed by atoms with Crippen LogP contribution >= 0.6 is 15.9 Å². The molecule has 0 atom stereocenters. The van der Waals surface area contributed by atoms with Crippen LogP contribution in [0.25, 0.3) is 0 Å². The van der Waals surface area contributed by atoms with Crippen molar-refractivity contribution in [3.8, 4) is 5.75 Å². The van der Waals surface area contributed by atoms with Crippen molar-refractivity contribution in [3.63, 3.8) is 0 Å². The van der Waals surface area contributed by atoms with Gasteiger partial charge in [0.1, 0.15) is 5.75 Å². The molecule has 3 aromatic rings.